The van der Waals surface area contributed by atoms with Crippen LogP contribution in [0.1, 0.15) is 15.9 Å². The third-order valence-corrected chi connectivity index (χ3v) is 6.94. The summed E-state index contributed by atoms with van der Waals surface area (Å²) >= 11 is 7.64. The van der Waals surface area contributed by atoms with Crippen LogP contribution in [0.5, 0.6) is 0 Å². The highest BCUT2D eigenvalue weighted by Gasteiger charge is 2.22. The number of hydrogen-bond donors (Lipinski definition) is 1. The standard InChI is InChI=1S/C18H21ClN2O3S2/c1-13-4-7-15(8-5-13)25-11-10-20-18(22)14-6-9-16(19)17(12-14)26(23,24)21(2)3/h4-9,12H,10-11H2,1-3H3,(H,20,22). The number of nitrogens with zero attached hydrogens (tertiary/aromatic N) is 1. The van der Waals surface area contributed by atoms with Crippen molar-refractivity contribution >= 4 is 39.3 Å². The number of benzene rings is 2. The van der Waals surface area contributed by atoms with Crippen molar-refractivity contribution in [3.8, 4) is 0 Å². The van der Waals surface area contributed by atoms with Crippen LogP contribution in [-0.2, 0) is 10.0 Å². The highest BCUT2D eigenvalue weighted by atomic mass is 35.5. The number of carbonyl (C=O) groups excluding carboxylic acids is 1. The number of hydrogen-bond acceptors (Lipinski definition) is 4. The van der Waals surface area contributed by atoms with E-state index in [9.17, 15) is 13.2 Å². The minimum Gasteiger partial charge on any atom is -0.351 e. The van der Waals surface area contributed by atoms with Gasteiger partial charge in [0.05, 0.1) is 5.02 Å². The van der Waals surface area contributed by atoms with E-state index in [0.717, 1.165) is 9.20 Å². The lowest BCUT2D eigenvalue weighted by Gasteiger charge is -2.14. The first-order chi connectivity index (χ1) is 12.2. The number of carbonyl (C=O) groups is 1. The smallest absolute Gasteiger partial charge is 0.251 e. The van der Waals surface area contributed by atoms with Gasteiger partial charge in [-0.3, -0.25) is 4.79 Å². The summed E-state index contributed by atoms with van der Waals surface area (Å²) in [5, 5.41) is 2.88. The fraction of sp³-hybridized carbons (Fsp3) is 0.278. The van der Waals surface area contributed by atoms with Gasteiger partial charge in [-0.25, -0.2) is 12.7 Å². The zero-order valence-electron chi connectivity index (χ0n) is 14.8. The van der Waals surface area contributed by atoms with E-state index in [1.165, 1.54) is 37.9 Å². The maximum Gasteiger partial charge on any atom is 0.251 e. The van der Waals surface area contributed by atoms with Crippen LogP contribution < -0.4 is 5.32 Å². The highest BCUT2D eigenvalue weighted by Crippen LogP contribution is 2.25. The first kappa shape index (κ1) is 20.8. The number of nitrogens with one attached hydrogen (secondary N) is 1. The van der Waals surface area contributed by atoms with Gasteiger partial charge in [0, 0.05) is 36.9 Å². The summed E-state index contributed by atoms with van der Waals surface area (Å²) in [4.78, 5) is 13.3. The monoisotopic (exact) mass is 412 g/mol. The third kappa shape index (κ3) is 5.23. The van der Waals surface area contributed by atoms with Gasteiger partial charge in [-0.1, -0.05) is 29.3 Å². The largest absolute Gasteiger partial charge is 0.351 e. The Morgan fingerprint density at radius 2 is 1.81 bits per heavy atom. The van der Waals surface area contributed by atoms with E-state index in [2.05, 4.69) is 5.32 Å². The Balaban J connectivity index is 1.98. The van der Waals surface area contributed by atoms with Crippen molar-refractivity contribution in [2.75, 3.05) is 26.4 Å². The van der Waals surface area contributed by atoms with E-state index in [1.54, 1.807) is 11.8 Å². The first-order valence-corrected chi connectivity index (χ1v) is 10.7. The zero-order valence-corrected chi connectivity index (χ0v) is 17.2. The van der Waals surface area contributed by atoms with Crippen LogP contribution in [-0.4, -0.2) is 45.0 Å². The lowest BCUT2D eigenvalue weighted by Crippen LogP contribution is -2.27. The van der Waals surface area contributed by atoms with E-state index in [4.69, 9.17) is 11.6 Å². The molecule has 0 bridgehead atoms. The molecule has 0 fully saturated rings. The van der Waals surface area contributed by atoms with Gasteiger partial charge >= 0.3 is 0 Å². The Labute approximate surface area is 163 Å². The fourth-order valence-corrected chi connectivity index (χ4v) is 4.27. The Morgan fingerprint density at radius 3 is 2.42 bits per heavy atom. The molecule has 1 amide bonds. The number of rotatable bonds is 7. The number of halogens is 1. The Hall–Kier alpha value is -1.54. The van der Waals surface area contributed by atoms with Crippen molar-refractivity contribution in [3.63, 3.8) is 0 Å². The van der Waals surface area contributed by atoms with Crippen LogP contribution >= 0.6 is 23.4 Å². The average Bonchev–Trinajstić information content (AvgIpc) is 2.60. The number of thioether (sulfide) groups is 1. The minimum absolute atomic E-state index is 0.0779. The molecule has 0 aliphatic rings. The molecule has 0 saturated carbocycles. The van der Waals surface area contributed by atoms with Gasteiger partial charge in [-0.15, -0.1) is 11.8 Å². The summed E-state index contributed by atoms with van der Waals surface area (Å²) < 4.78 is 25.6. The molecule has 0 aliphatic carbocycles. The van der Waals surface area contributed by atoms with E-state index in [1.807, 2.05) is 31.2 Å². The second-order valence-corrected chi connectivity index (χ2v) is 9.55. The summed E-state index contributed by atoms with van der Waals surface area (Å²) in [5.74, 6) is 0.381. The molecule has 0 atom stereocenters. The van der Waals surface area contributed by atoms with Crippen LogP contribution in [0.4, 0.5) is 0 Å². The summed E-state index contributed by atoms with van der Waals surface area (Å²) in [6.45, 7) is 2.50. The topological polar surface area (TPSA) is 66.5 Å². The van der Waals surface area contributed by atoms with Gasteiger partial charge in [0.2, 0.25) is 10.0 Å². The molecule has 0 aromatic heterocycles. The molecule has 2 aromatic carbocycles. The number of aryl methyl sites for hydroxylation is 1. The summed E-state index contributed by atoms with van der Waals surface area (Å²) in [5.41, 5.74) is 1.46. The van der Waals surface area contributed by atoms with Gasteiger partial charge < -0.3 is 5.32 Å². The summed E-state index contributed by atoms with van der Waals surface area (Å²) in [7, 11) is -0.876. The van der Waals surface area contributed by atoms with E-state index < -0.39 is 10.0 Å². The van der Waals surface area contributed by atoms with E-state index in [0.29, 0.717) is 12.3 Å². The molecule has 0 heterocycles. The molecule has 0 radical (unpaired) electrons. The highest BCUT2D eigenvalue weighted by molar-refractivity contribution is 7.99. The predicted octanol–water partition coefficient (Wildman–Crippen LogP) is 3.42. The molecule has 0 aliphatic heterocycles. The van der Waals surface area contributed by atoms with Crippen LogP contribution in [0.15, 0.2) is 52.3 Å². The summed E-state index contributed by atoms with van der Waals surface area (Å²) in [6.07, 6.45) is 0. The van der Waals surface area contributed by atoms with Crippen molar-refractivity contribution in [2.24, 2.45) is 0 Å². The number of sulfonamides is 1. The lowest BCUT2D eigenvalue weighted by molar-refractivity contribution is 0.0956. The SMILES string of the molecule is Cc1ccc(SCCNC(=O)c2ccc(Cl)c(S(=O)(=O)N(C)C)c2)cc1. The van der Waals surface area contributed by atoms with E-state index in [-0.39, 0.29) is 21.4 Å². The van der Waals surface area contributed by atoms with Crippen molar-refractivity contribution in [1.82, 2.24) is 9.62 Å². The maximum atomic E-state index is 12.3. The Bertz CT molecular complexity index is 882. The van der Waals surface area contributed by atoms with Crippen LogP contribution in [0, 0.1) is 6.92 Å². The third-order valence-electron chi connectivity index (χ3n) is 3.63. The van der Waals surface area contributed by atoms with Gasteiger partial charge in [-0.2, -0.15) is 0 Å². The molecular formula is C18H21ClN2O3S2. The first-order valence-electron chi connectivity index (χ1n) is 7.91. The normalized spacial score (nSPS) is 11.6. The molecule has 5 nitrogen and oxygen atoms in total. The molecule has 2 aromatic rings. The summed E-state index contributed by atoms with van der Waals surface area (Å²) in [6, 6.07) is 12.4. The van der Waals surface area contributed by atoms with E-state index >= 15 is 0 Å². The lowest BCUT2D eigenvalue weighted by atomic mass is 10.2. The molecule has 0 spiro atoms. The van der Waals surface area contributed by atoms with Crippen molar-refractivity contribution in [3.05, 3.63) is 58.6 Å². The van der Waals surface area contributed by atoms with Gasteiger partial charge in [0.25, 0.3) is 5.91 Å². The quantitative estimate of drug-likeness (QED) is 0.559. The molecule has 8 heteroatoms. The maximum absolute atomic E-state index is 12.3. The van der Waals surface area contributed by atoms with Gasteiger partial charge in [0.1, 0.15) is 4.90 Å². The number of amides is 1. The molecule has 1 N–H and O–H groups in total. The molecule has 0 unspecified atom stereocenters. The van der Waals surface area contributed by atoms with Crippen molar-refractivity contribution in [1.29, 1.82) is 0 Å². The molecule has 0 saturated heterocycles. The van der Waals surface area contributed by atoms with Gasteiger partial charge in [0.15, 0.2) is 0 Å². The Morgan fingerprint density at radius 1 is 1.15 bits per heavy atom. The van der Waals surface area contributed by atoms with Crippen molar-refractivity contribution < 1.29 is 13.2 Å². The van der Waals surface area contributed by atoms with Gasteiger partial charge in [-0.05, 0) is 37.3 Å². The van der Waals surface area contributed by atoms with Crippen LogP contribution in [0.2, 0.25) is 5.02 Å². The second kappa shape index (κ2) is 8.90. The van der Waals surface area contributed by atoms with Crippen LogP contribution in [0.25, 0.3) is 0 Å². The fourth-order valence-electron chi connectivity index (χ4n) is 2.11. The molecular weight excluding hydrogens is 392 g/mol. The minimum atomic E-state index is -3.71. The molecule has 26 heavy (non-hydrogen) atoms. The molecule has 140 valence electrons. The van der Waals surface area contributed by atoms with Crippen LogP contribution in [0.3, 0.4) is 0 Å². The predicted molar refractivity (Wildman–Crippen MR) is 107 cm³/mol. The Kier molecular flexibility index (Phi) is 7.11. The zero-order chi connectivity index (χ0) is 19.3. The average molecular weight is 413 g/mol. The van der Waals surface area contributed by atoms with Crippen molar-refractivity contribution in [2.45, 2.75) is 16.7 Å². The second-order valence-electron chi connectivity index (χ2n) is 5.85. The molecule has 2 rings (SSSR count).